The maximum atomic E-state index is 12.6. The van der Waals surface area contributed by atoms with Gasteiger partial charge in [-0.25, -0.2) is 4.98 Å². The van der Waals surface area contributed by atoms with Gasteiger partial charge in [-0.15, -0.1) is 36.2 Å². The summed E-state index contributed by atoms with van der Waals surface area (Å²) in [6.07, 6.45) is 0.949. The number of carbonyl (C=O) groups is 1. The van der Waals surface area contributed by atoms with E-state index in [1.807, 2.05) is 34.5 Å². The minimum Gasteiger partial charge on any atom is -0.497 e. The van der Waals surface area contributed by atoms with Gasteiger partial charge >= 0.3 is 0 Å². The smallest absolute Gasteiger partial charge is 0.273 e. The summed E-state index contributed by atoms with van der Waals surface area (Å²) in [6.45, 7) is 4.19. The first-order chi connectivity index (χ1) is 11.0. The molecule has 1 aromatic heterocycles. The Morgan fingerprint density at radius 1 is 1.36 bits per heavy atom. The van der Waals surface area contributed by atoms with Crippen LogP contribution in [0.25, 0.3) is 10.6 Å². The van der Waals surface area contributed by atoms with Crippen LogP contribution in [0.5, 0.6) is 5.75 Å². The molecule has 25 heavy (non-hydrogen) atoms. The van der Waals surface area contributed by atoms with Gasteiger partial charge in [0.15, 0.2) is 0 Å². The number of amides is 1. The third-order valence-corrected chi connectivity index (χ3v) is 5.29. The zero-order valence-corrected chi connectivity index (χ0v) is 16.7. The van der Waals surface area contributed by atoms with Gasteiger partial charge in [0.25, 0.3) is 5.91 Å². The Hall–Kier alpha value is -1.34. The molecule has 1 aliphatic heterocycles. The minimum absolute atomic E-state index is 0. The molecule has 5 nitrogen and oxygen atoms in total. The van der Waals surface area contributed by atoms with Gasteiger partial charge in [0.05, 0.1) is 7.11 Å². The molecule has 2 heterocycles. The second-order valence-corrected chi connectivity index (χ2v) is 7.12. The number of hydrogen-bond donors (Lipinski definition) is 1. The van der Waals surface area contributed by atoms with Gasteiger partial charge in [-0.05, 0) is 42.6 Å². The van der Waals surface area contributed by atoms with E-state index in [-0.39, 0.29) is 36.1 Å². The van der Waals surface area contributed by atoms with Crippen molar-refractivity contribution in [1.82, 2.24) is 9.88 Å². The molecule has 1 fully saturated rings. The highest BCUT2D eigenvalue weighted by Crippen LogP contribution is 2.31. The lowest BCUT2D eigenvalue weighted by atomic mass is 9.90. The molecule has 0 radical (unpaired) electrons. The number of hydrogen-bond acceptors (Lipinski definition) is 5. The molecule has 0 saturated carbocycles. The predicted molar refractivity (Wildman–Crippen MR) is 106 cm³/mol. The van der Waals surface area contributed by atoms with Crippen molar-refractivity contribution in [3.05, 3.63) is 35.3 Å². The first-order valence-corrected chi connectivity index (χ1v) is 8.52. The first-order valence-electron chi connectivity index (χ1n) is 7.64. The van der Waals surface area contributed by atoms with Gasteiger partial charge in [0, 0.05) is 24.0 Å². The number of likely N-dealkylation sites (tertiary alicyclic amines) is 1. The molecule has 3 rings (SSSR count). The third-order valence-electron chi connectivity index (χ3n) is 4.40. The van der Waals surface area contributed by atoms with Crippen molar-refractivity contribution >= 4 is 42.1 Å². The molecule has 2 aromatic rings. The van der Waals surface area contributed by atoms with E-state index in [1.54, 1.807) is 7.11 Å². The van der Waals surface area contributed by atoms with Gasteiger partial charge in [0.2, 0.25) is 0 Å². The molecule has 0 spiro atoms. The summed E-state index contributed by atoms with van der Waals surface area (Å²) >= 11 is 1.48. The number of nitrogens with two attached hydrogens (primary N) is 1. The molecule has 1 unspecified atom stereocenters. The van der Waals surface area contributed by atoms with Gasteiger partial charge < -0.3 is 15.4 Å². The topological polar surface area (TPSA) is 68.5 Å². The number of benzene rings is 1. The minimum atomic E-state index is -0.00168. The zero-order valence-electron chi connectivity index (χ0n) is 14.2. The molecule has 1 aromatic carbocycles. The highest BCUT2D eigenvalue weighted by molar-refractivity contribution is 7.13. The Morgan fingerprint density at radius 3 is 2.60 bits per heavy atom. The van der Waals surface area contributed by atoms with E-state index in [9.17, 15) is 4.79 Å². The number of rotatable bonds is 4. The number of methoxy groups -OCH3 is 1. The molecule has 1 atom stereocenters. The lowest BCUT2D eigenvalue weighted by molar-refractivity contribution is 0.0772. The van der Waals surface area contributed by atoms with Crippen molar-refractivity contribution < 1.29 is 9.53 Å². The van der Waals surface area contributed by atoms with Crippen LogP contribution in [0, 0.1) is 5.41 Å². The number of ether oxygens (including phenoxy) is 1. The average molecular weight is 404 g/mol. The van der Waals surface area contributed by atoms with E-state index < -0.39 is 0 Å². The van der Waals surface area contributed by atoms with Crippen LogP contribution < -0.4 is 10.5 Å². The molecule has 0 bridgehead atoms. The van der Waals surface area contributed by atoms with Crippen LogP contribution in [0.15, 0.2) is 29.6 Å². The predicted octanol–water partition coefficient (Wildman–Crippen LogP) is 3.47. The highest BCUT2D eigenvalue weighted by atomic mass is 35.5. The number of carbonyl (C=O) groups excluding carboxylic acids is 1. The Labute approximate surface area is 164 Å². The summed E-state index contributed by atoms with van der Waals surface area (Å²) < 4.78 is 5.16. The fraction of sp³-hybridized carbons (Fsp3) is 0.412. The van der Waals surface area contributed by atoms with Crippen LogP contribution in [0.1, 0.15) is 23.8 Å². The SMILES string of the molecule is COc1ccc(-c2nc(C(=O)N3CCC(C)(CN)C3)cs2)cc1.Cl.Cl. The molecule has 0 aliphatic carbocycles. The summed E-state index contributed by atoms with van der Waals surface area (Å²) in [6, 6.07) is 7.69. The van der Waals surface area contributed by atoms with Gasteiger partial charge in [0.1, 0.15) is 16.5 Å². The number of halogens is 2. The molecular weight excluding hydrogens is 381 g/mol. The summed E-state index contributed by atoms with van der Waals surface area (Å²) in [5, 5.41) is 2.68. The summed E-state index contributed by atoms with van der Waals surface area (Å²) in [4.78, 5) is 19.0. The number of thiazole rings is 1. The van der Waals surface area contributed by atoms with Crippen LogP contribution in [0.4, 0.5) is 0 Å². The monoisotopic (exact) mass is 403 g/mol. The lowest BCUT2D eigenvalue weighted by Crippen LogP contribution is -2.34. The molecule has 8 heteroatoms. The normalized spacial score (nSPS) is 19.1. The second kappa shape index (κ2) is 8.85. The van der Waals surface area contributed by atoms with Crippen LogP contribution in [0.3, 0.4) is 0 Å². The van der Waals surface area contributed by atoms with Crippen molar-refractivity contribution in [2.75, 3.05) is 26.7 Å². The summed E-state index contributed by atoms with van der Waals surface area (Å²) in [5.41, 5.74) is 7.35. The van der Waals surface area contributed by atoms with Gasteiger partial charge in [-0.3, -0.25) is 4.79 Å². The molecular formula is C17H23Cl2N3O2S. The van der Waals surface area contributed by atoms with E-state index in [1.165, 1.54) is 11.3 Å². The Bertz CT molecular complexity index is 708. The fourth-order valence-electron chi connectivity index (χ4n) is 2.76. The summed E-state index contributed by atoms with van der Waals surface area (Å²) in [5.74, 6) is 0.804. The zero-order chi connectivity index (χ0) is 16.4. The van der Waals surface area contributed by atoms with Crippen molar-refractivity contribution in [2.45, 2.75) is 13.3 Å². The van der Waals surface area contributed by atoms with Crippen LogP contribution >= 0.6 is 36.2 Å². The average Bonchev–Trinajstić information content (AvgIpc) is 3.22. The standard InChI is InChI=1S/C17H21N3O2S.2ClH/c1-17(10-18)7-8-20(11-17)16(21)14-9-23-15(19-14)12-3-5-13(22-2)6-4-12;;/h3-6,9H,7-8,10-11,18H2,1-2H3;2*1H. The van der Waals surface area contributed by atoms with Gasteiger partial charge in [-0.2, -0.15) is 0 Å². The Kier molecular flexibility index (Phi) is 7.68. The van der Waals surface area contributed by atoms with Crippen LogP contribution in [-0.4, -0.2) is 42.5 Å². The van der Waals surface area contributed by atoms with Crippen molar-refractivity contribution in [3.8, 4) is 16.3 Å². The molecule has 1 amide bonds. The van der Waals surface area contributed by atoms with Crippen LogP contribution in [-0.2, 0) is 0 Å². The molecule has 1 saturated heterocycles. The maximum absolute atomic E-state index is 12.6. The van der Waals surface area contributed by atoms with Crippen molar-refractivity contribution in [2.24, 2.45) is 11.1 Å². The van der Waals surface area contributed by atoms with Crippen LogP contribution in [0.2, 0.25) is 0 Å². The van der Waals surface area contributed by atoms with E-state index in [2.05, 4.69) is 11.9 Å². The van der Waals surface area contributed by atoms with E-state index >= 15 is 0 Å². The largest absolute Gasteiger partial charge is 0.497 e. The molecule has 2 N–H and O–H groups in total. The molecule has 1 aliphatic rings. The third kappa shape index (κ3) is 4.64. The fourth-order valence-corrected chi connectivity index (χ4v) is 3.56. The van der Waals surface area contributed by atoms with Gasteiger partial charge in [-0.1, -0.05) is 6.92 Å². The van der Waals surface area contributed by atoms with E-state index in [0.717, 1.165) is 29.3 Å². The Morgan fingerprint density at radius 2 is 2.04 bits per heavy atom. The van der Waals surface area contributed by atoms with Crippen molar-refractivity contribution in [3.63, 3.8) is 0 Å². The first kappa shape index (κ1) is 21.7. The second-order valence-electron chi connectivity index (χ2n) is 6.26. The summed E-state index contributed by atoms with van der Waals surface area (Å²) in [7, 11) is 1.64. The maximum Gasteiger partial charge on any atom is 0.273 e. The number of aromatic nitrogens is 1. The highest BCUT2D eigenvalue weighted by Gasteiger charge is 2.35. The quantitative estimate of drug-likeness (QED) is 0.847. The van der Waals surface area contributed by atoms with E-state index in [0.29, 0.717) is 18.8 Å². The lowest BCUT2D eigenvalue weighted by Gasteiger charge is -2.22. The number of nitrogens with zero attached hydrogens (tertiary/aromatic N) is 2. The molecule has 138 valence electrons. The van der Waals surface area contributed by atoms with Crippen molar-refractivity contribution in [1.29, 1.82) is 0 Å². The Balaban J connectivity index is 0.00000156. The van der Waals surface area contributed by atoms with E-state index in [4.69, 9.17) is 10.5 Å².